The van der Waals surface area contributed by atoms with Gasteiger partial charge in [0.1, 0.15) is 0 Å². The summed E-state index contributed by atoms with van der Waals surface area (Å²) in [6.45, 7) is 6.62. The van der Waals surface area contributed by atoms with Crippen molar-refractivity contribution in [1.82, 2.24) is 4.98 Å². The second-order valence-corrected chi connectivity index (χ2v) is 7.07. The molecule has 0 amide bonds. The van der Waals surface area contributed by atoms with Gasteiger partial charge in [-0.1, -0.05) is 6.92 Å². The zero-order valence-corrected chi connectivity index (χ0v) is 14.1. The van der Waals surface area contributed by atoms with E-state index in [0.29, 0.717) is 0 Å². The summed E-state index contributed by atoms with van der Waals surface area (Å²) in [5.41, 5.74) is 9.16. The van der Waals surface area contributed by atoms with Crippen LogP contribution in [0.1, 0.15) is 38.4 Å². The normalized spacial score (nSPS) is 17.5. The summed E-state index contributed by atoms with van der Waals surface area (Å²) in [5, 5.41) is 6.26. The standard InChI is InChI=1S/C17H24N4S/c1-12-7-9-21(10-8-12)15-5-3-14(4-6-15)19-17-20-16(11-22-17)13(2)18/h3-6,11-13H,7-10,18H2,1-2H3,(H,19,20). The van der Waals surface area contributed by atoms with Crippen LogP contribution in [-0.2, 0) is 0 Å². The van der Waals surface area contributed by atoms with Crippen LogP contribution in [0.3, 0.4) is 0 Å². The molecule has 1 aromatic heterocycles. The van der Waals surface area contributed by atoms with Crippen LogP contribution in [0.5, 0.6) is 0 Å². The van der Waals surface area contributed by atoms with Crippen LogP contribution in [0, 0.1) is 5.92 Å². The summed E-state index contributed by atoms with van der Waals surface area (Å²) < 4.78 is 0. The fourth-order valence-corrected chi connectivity index (χ4v) is 3.53. The Labute approximate surface area is 136 Å². The second-order valence-electron chi connectivity index (χ2n) is 6.21. The smallest absolute Gasteiger partial charge is 0.187 e. The van der Waals surface area contributed by atoms with E-state index in [9.17, 15) is 0 Å². The van der Waals surface area contributed by atoms with Gasteiger partial charge in [0.2, 0.25) is 0 Å². The average molecular weight is 316 g/mol. The van der Waals surface area contributed by atoms with Crippen LogP contribution in [0.15, 0.2) is 29.6 Å². The summed E-state index contributed by atoms with van der Waals surface area (Å²) in [4.78, 5) is 6.97. The van der Waals surface area contributed by atoms with Gasteiger partial charge in [0, 0.05) is 35.9 Å². The van der Waals surface area contributed by atoms with E-state index in [1.807, 2.05) is 12.3 Å². The molecule has 1 atom stereocenters. The van der Waals surface area contributed by atoms with Crippen LogP contribution in [0.2, 0.25) is 0 Å². The molecular weight excluding hydrogens is 292 g/mol. The Morgan fingerprint density at radius 3 is 2.55 bits per heavy atom. The van der Waals surface area contributed by atoms with Crippen molar-refractivity contribution < 1.29 is 0 Å². The van der Waals surface area contributed by atoms with E-state index in [4.69, 9.17) is 5.73 Å². The maximum absolute atomic E-state index is 5.84. The first-order valence-corrected chi connectivity index (χ1v) is 8.83. The quantitative estimate of drug-likeness (QED) is 0.890. The van der Waals surface area contributed by atoms with Crippen molar-refractivity contribution >= 4 is 27.8 Å². The van der Waals surface area contributed by atoms with Gasteiger partial charge in [0.05, 0.1) is 5.69 Å². The molecule has 3 N–H and O–H groups in total. The van der Waals surface area contributed by atoms with Gasteiger partial charge in [0.15, 0.2) is 5.13 Å². The largest absolute Gasteiger partial charge is 0.372 e. The van der Waals surface area contributed by atoms with Crippen molar-refractivity contribution in [1.29, 1.82) is 0 Å². The van der Waals surface area contributed by atoms with Crippen LogP contribution < -0.4 is 16.0 Å². The fourth-order valence-electron chi connectivity index (χ4n) is 2.70. The number of nitrogens with one attached hydrogen (secondary N) is 1. The summed E-state index contributed by atoms with van der Waals surface area (Å²) >= 11 is 1.59. The molecule has 0 radical (unpaired) electrons. The third kappa shape index (κ3) is 3.59. The molecule has 2 aromatic rings. The third-order valence-electron chi connectivity index (χ3n) is 4.26. The molecule has 0 bridgehead atoms. The van der Waals surface area contributed by atoms with E-state index < -0.39 is 0 Å². The number of anilines is 3. The highest BCUT2D eigenvalue weighted by Crippen LogP contribution is 2.27. The Bertz CT molecular complexity index is 597. The molecular formula is C17H24N4S. The average Bonchev–Trinajstić information content (AvgIpc) is 2.98. The van der Waals surface area contributed by atoms with Crippen molar-refractivity contribution in [3.63, 3.8) is 0 Å². The lowest BCUT2D eigenvalue weighted by Gasteiger charge is -2.32. The lowest BCUT2D eigenvalue weighted by Crippen LogP contribution is -2.32. The van der Waals surface area contributed by atoms with E-state index in [1.54, 1.807) is 11.3 Å². The Hall–Kier alpha value is -1.59. The van der Waals surface area contributed by atoms with Crippen LogP contribution in [0.4, 0.5) is 16.5 Å². The highest BCUT2D eigenvalue weighted by Gasteiger charge is 2.15. The zero-order chi connectivity index (χ0) is 15.5. The summed E-state index contributed by atoms with van der Waals surface area (Å²) in [5.74, 6) is 0.862. The summed E-state index contributed by atoms with van der Waals surface area (Å²) in [6, 6.07) is 8.62. The van der Waals surface area contributed by atoms with E-state index in [2.05, 4.69) is 46.4 Å². The lowest BCUT2D eigenvalue weighted by atomic mass is 9.99. The predicted molar refractivity (Wildman–Crippen MR) is 95.1 cm³/mol. The fraction of sp³-hybridized carbons (Fsp3) is 0.471. The molecule has 2 heterocycles. The van der Waals surface area contributed by atoms with Gasteiger partial charge in [-0.05, 0) is 49.9 Å². The molecule has 0 aliphatic carbocycles. The minimum absolute atomic E-state index is 0.0179. The first kappa shape index (κ1) is 15.3. The monoisotopic (exact) mass is 316 g/mol. The molecule has 0 saturated carbocycles. The van der Waals surface area contributed by atoms with Crippen molar-refractivity contribution in [2.24, 2.45) is 11.7 Å². The molecule has 1 saturated heterocycles. The zero-order valence-electron chi connectivity index (χ0n) is 13.2. The van der Waals surface area contributed by atoms with E-state index >= 15 is 0 Å². The van der Waals surface area contributed by atoms with Crippen molar-refractivity contribution in [2.45, 2.75) is 32.7 Å². The van der Waals surface area contributed by atoms with E-state index in [1.165, 1.54) is 18.5 Å². The number of thiazole rings is 1. The Morgan fingerprint density at radius 1 is 1.27 bits per heavy atom. The summed E-state index contributed by atoms with van der Waals surface area (Å²) in [6.07, 6.45) is 2.58. The van der Waals surface area contributed by atoms with Crippen molar-refractivity contribution in [2.75, 3.05) is 23.3 Å². The Morgan fingerprint density at radius 2 is 1.95 bits per heavy atom. The SMILES string of the molecule is CC1CCN(c2ccc(Nc3nc(C(C)N)cs3)cc2)CC1. The second kappa shape index (κ2) is 6.67. The number of benzene rings is 1. The maximum Gasteiger partial charge on any atom is 0.187 e. The van der Waals surface area contributed by atoms with Gasteiger partial charge in [-0.3, -0.25) is 0 Å². The minimum atomic E-state index is -0.0179. The van der Waals surface area contributed by atoms with Gasteiger partial charge < -0.3 is 16.0 Å². The van der Waals surface area contributed by atoms with Crippen LogP contribution in [-0.4, -0.2) is 18.1 Å². The predicted octanol–water partition coefficient (Wildman–Crippen LogP) is 4.14. The molecule has 1 unspecified atom stereocenters. The third-order valence-corrected chi connectivity index (χ3v) is 5.03. The molecule has 0 spiro atoms. The van der Waals surface area contributed by atoms with Crippen molar-refractivity contribution in [3.05, 3.63) is 35.3 Å². The Kier molecular flexibility index (Phi) is 4.64. The molecule has 5 heteroatoms. The van der Waals surface area contributed by atoms with Gasteiger partial charge in [-0.15, -0.1) is 11.3 Å². The molecule has 22 heavy (non-hydrogen) atoms. The molecule has 1 aliphatic rings. The first-order chi connectivity index (χ1) is 10.6. The number of hydrogen-bond donors (Lipinski definition) is 2. The number of rotatable bonds is 4. The summed E-state index contributed by atoms with van der Waals surface area (Å²) in [7, 11) is 0. The van der Waals surface area contributed by atoms with Crippen LogP contribution >= 0.6 is 11.3 Å². The molecule has 118 valence electrons. The van der Waals surface area contributed by atoms with Crippen molar-refractivity contribution in [3.8, 4) is 0 Å². The van der Waals surface area contributed by atoms with E-state index in [0.717, 1.165) is 35.5 Å². The number of piperidine rings is 1. The van der Waals surface area contributed by atoms with Gasteiger partial charge in [0.25, 0.3) is 0 Å². The first-order valence-electron chi connectivity index (χ1n) is 7.95. The van der Waals surface area contributed by atoms with Gasteiger partial charge >= 0.3 is 0 Å². The highest BCUT2D eigenvalue weighted by atomic mass is 32.1. The molecule has 1 aliphatic heterocycles. The molecule has 3 rings (SSSR count). The number of hydrogen-bond acceptors (Lipinski definition) is 5. The highest BCUT2D eigenvalue weighted by molar-refractivity contribution is 7.13. The maximum atomic E-state index is 5.84. The number of nitrogens with zero attached hydrogens (tertiary/aromatic N) is 2. The topological polar surface area (TPSA) is 54.2 Å². The minimum Gasteiger partial charge on any atom is -0.372 e. The number of nitrogens with two attached hydrogens (primary N) is 1. The van der Waals surface area contributed by atoms with Crippen LogP contribution in [0.25, 0.3) is 0 Å². The van der Waals surface area contributed by atoms with Gasteiger partial charge in [-0.2, -0.15) is 0 Å². The number of aromatic nitrogens is 1. The van der Waals surface area contributed by atoms with Gasteiger partial charge in [-0.25, -0.2) is 4.98 Å². The molecule has 1 aromatic carbocycles. The Balaban J connectivity index is 1.63. The lowest BCUT2D eigenvalue weighted by molar-refractivity contribution is 0.438. The van der Waals surface area contributed by atoms with E-state index in [-0.39, 0.29) is 6.04 Å². The molecule has 4 nitrogen and oxygen atoms in total. The molecule has 1 fully saturated rings.